The van der Waals surface area contributed by atoms with E-state index in [1.54, 1.807) is 36.4 Å². The molecule has 2 amide bonds. The van der Waals surface area contributed by atoms with Crippen molar-refractivity contribution in [1.82, 2.24) is 15.3 Å². The number of aliphatic hydroxyl groups is 1. The van der Waals surface area contributed by atoms with Crippen molar-refractivity contribution < 1.29 is 27.9 Å². The number of imidazole rings is 1. The van der Waals surface area contributed by atoms with Gasteiger partial charge in [-0.1, -0.05) is 12.1 Å². The molecule has 0 saturated heterocycles. The van der Waals surface area contributed by atoms with Gasteiger partial charge in [0.25, 0.3) is 11.8 Å². The van der Waals surface area contributed by atoms with Crippen LogP contribution >= 0.6 is 0 Å². The lowest BCUT2D eigenvalue weighted by Gasteiger charge is -2.25. The molecule has 40 heavy (non-hydrogen) atoms. The third kappa shape index (κ3) is 6.34. The second-order valence-corrected chi connectivity index (χ2v) is 9.08. The molecule has 2 atom stereocenters. The van der Waals surface area contributed by atoms with Gasteiger partial charge in [0, 0.05) is 30.0 Å². The lowest BCUT2D eigenvalue weighted by molar-refractivity contribution is -0.137. The predicted octanol–water partition coefficient (Wildman–Crippen LogP) is 4.48. The molecule has 0 bridgehead atoms. The number of alkyl halides is 3. The number of benzene rings is 3. The quantitative estimate of drug-likeness (QED) is 0.207. The number of anilines is 3. The summed E-state index contributed by atoms with van der Waals surface area (Å²) in [5, 5.41) is 16.1. The monoisotopic (exact) mass is 554 g/mol. The highest BCUT2D eigenvalue weighted by Crippen LogP contribution is 2.32. The van der Waals surface area contributed by atoms with Gasteiger partial charge in [0.15, 0.2) is 12.1 Å². The summed E-state index contributed by atoms with van der Waals surface area (Å²) in [4.78, 5) is 35.2. The summed E-state index contributed by atoms with van der Waals surface area (Å²) in [6, 6.07) is 13.9. The molecule has 0 aliphatic rings. The second kappa shape index (κ2) is 11.7. The van der Waals surface area contributed by atoms with Crippen LogP contribution in [0.3, 0.4) is 0 Å². The number of hydrogen-bond donors (Lipinski definition) is 5. The SMILES string of the molecule is CCN(CC)c1ccc(C(=O)NC(c2cccc(C(F)(F)F)c2)C(O)C(=O)Nc2ccc3[nH]c(N)nc3c2)cc1. The first-order valence-electron chi connectivity index (χ1n) is 12.6. The van der Waals surface area contributed by atoms with Crippen LogP contribution in [0, 0.1) is 0 Å². The van der Waals surface area contributed by atoms with E-state index in [4.69, 9.17) is 5.73 Å². The fourth-order valence-corrected chi connectivity index (χ4v) is 4.36. The number of nitrogens with zero attached hydrogens (tertiary/aromatic N) is 2. The van der Waals surface area contributed by atoms with Gasteiger partial charge in [-0.15, -0.1) is 0 Å². The molecule has 4 aromatic rings. The van der Waals surface area contributed by atoms with Crippen LogP contribution < -0.4 is 21.3 Å². The van der Waals surface area contributed by atoms with Crippen molar-refractivity contribution in [3.05, 3.63) is 83.4 Å². The number of aromatic nitrogens is 2. The summed E-state index contributed by atoms with van der Waals surface area (Å²) in [6.07, 6.45) is -6.61. The summed E-state index contributed by atoms with van der Waals surface area (Å²) in [5.41, 5.74) is 7.03. The molecule has 1 aromatic heterocycles. The number of halogens is 3. The summed E-state index contributed by atoms with van der Waals surface area (Å²) in [6.45, 7) is 5.53. The molecule has 9 nitrogen and oxygen atoms in total. The van der Waals surface area contributed by atoms with E-state index in [1.807, 2.05) is 13.8 Å². The molecular weight excluding hydrogens is 525 g/mol. The Morgan fingerprint density at radius 3 is 2.40 bits per heavy atom. The molecule has 0 aliphatic carbocycles. The maximum absolute atomic E-state index is 13.4. The molecule has 0 saturated carbocycles. The molecule has 6 N–H and O–H groups in total. The Hall–Kier alpha value is -4.58. The maximum Gasteiger partial charge on any atom is 0.416 e. The number of nitrogen functional groups attached to an aromatic ring is 1. The van der Waals surface area contributed by atoms with Gasteiger partial charge in [0.1, 0.15) is 0 Å². The topological polar surface area (TPSA) is 136 Å². The number of fused-ring (bicyclic) bond motifs is 1. The Kier molecular flexibility index (Phi) is 8.29. The van der Waals surface area contributed by atoms with E-state index in [9.17, 15) is 27.9 Å². The Labute approximate surface area is 228 Å². The molecule has 12 heteroatoms. The maximum atomic E-state index is 13.4. The normalized spacial score (nSPS) is 13.1. The molecule has 0 spiro atoms. The zero-order valence-corrected chi connectivity index (χ0v) is 21.8. The van der Waals surface area contributed by atoms with Gasteiger partial charge in [-0.05, 0) is 74.0 Å². The molecule has 4 rings (SSSR count). The smallest absolute Gasteiger partial charge is 0.381 e. The van der Waals surface area contributed by atoms with Gasteiger partial charge >= 0.3 is 6.18 Å². The van der Waals surface area contributed by atoms with E-state index in [1.165, 1.54) is 12.1 Å². The second-order valence-electron chi connectivity index (χ2n) is 9.08. The molecule has 2 unspecified atom stereocenters. The minimum atomic E-state index is -4.67. The standard InChI is InChI=1S/C28H29F3N6O3/c1-3-37(4-2)20-11-8-16(9-12-20)25(39)36-23(17-6-5-7-18(14-17)28(29,30)31)24(38)26(40)33-19-10-13-21-22(15-19)35-27(32)34-21/h5-15,23-24,38H,3-4H2,1-2H3,(H,33,40)(H,36,39)(H3,32,34,35). The van der Waals surface area contributed by atoms with Crippen molar-refractivity contribution in [3.8, 4) is 0 Å². The van der Waals surface area contributed by atoms with Crippen molar-refractivity contribution in [3.63, 3.8) is 0 Å². The van der Waals surface area contributed by atoms with Crippen LogP contribution in [-0.2, 0) is 11.0 Å². The molecular formula is C28H29F3N6O3. The molecule has 3 aromatic carbocycles. The number of aliphatic hydroxyl groups excluding tert-OH is 1. The summed E-state index contributed by atoms with van der Waals surface area (Å²) < 4.78 is 40.3. The lowest BCUT2D eigenvalue weighted by atomic mass is 9.97. The van der Waals surface area contributed by atoms with E-state index in [-0.39, 0.29) is 22.8 Å². The Morgan fingerprint density at radius 1 is 1.05 bits per heavy atom. The number of carbonyl (C=O) groups excluding carboxylic acids is 2. The fraction of sp³-hybridized carbons (Fsp3) is 0.250. The highest BCUT2D eigenvalue weighted by molar-refractivity contribution is 5.98. The zero-order valence-electron chi connectivity index (χ0n) is 21.8. The van der Waals surface area contributed by atoms with Crippen LogP contribution in [0.1, 0.15) is 41.4 Å². The Morgan fingerprint density at radius 2 is 1.75 bits per heavy atom. The number of aromatic amines is 1. The fourth-order valence-electron chi connectivity index (χ4n) is 4.36. The van der Waals surface area contributed by atoms with Crippen molar-refractivity contribution in [2.75, 3.05) is 29.0 Å². The molecule has 0 aliphatic heterocycles. The van der Waals surface area contributed by atoms with Gasteiger partial charge < -0.3 is 31.4 Å². The molecule has 210 valence electrons. The van der Waals surface area contributed by atoms with Crippen LogP contribution in [-0.4, -0.2) is 46.1 Å². The van der Waals surface area contributed by atoms with Crippen molar-refractivity contribution in [2.24, 2.45) is 0 Å². The number of nitrogens with one attached hydrogen (secondary N) is 3. The van der Waals surface area contributed by atoms with Crippen LogP contribution in [0.15, 0.2) is 66.7 Å². The first-order chi connectivity index (χ1) is 19.0. The van der Waals surface area contributed by atoms with Crippen LogP contribution in [0.25, 0.3) is 11.0 Å². The van der Waals surface area contributed by atoms with E-state index >= 15 is 0 Å². The minimum absolute atomic E-state index is 0.0962. The van der Waals surface area contributed by atoms with Gasteiger partial charge in [-0.2, -0.15) is 13.2 Å². The largest absolute Gasteiger partial charge is 0.416 e. The Bertz CT molecular complexity index is 1500. The average Bonchev–Trinajstić information content (AvgIpc) is 3.31. The summed E-state index contributed by atoms with van der Waals surface area (Å²) >= 11 is 0. The first kappa shape index (κ1) is 28.4. The van der Waals surface area contributed by atoms with Gasteiger partial charge in [-0.3, -0.25) is 9.59 Å². The van der Waals surface area contributed by atoms with Crippen molar-refractivity contribution in [1.29, 1.82) is 0 Å². The molecule has 0 fully saturated rings. The number of nitrogens with two attached hydrogens (primary N) is 1. The van der Waals surface area contributed by atoms with Gasteiger partial charge in [-0.25, -0.2) is 4.98 Å². The summed E-state index contributed by atoms with van der Waals surface area (Å²) in [7, 11) is 0. The molecule has 0 radical (unpaired) electrons. The van der Waals surface area contributed by atoms with Crippen LogP contribution in [0.4, 0.5) is 30.5 Å². The average molecular weight is 555 g/mol. The van der Waals surface area contributed by atoms with Crippen LogP contribution in [0.5, 0.6) is 0 Å². The third-order valence-electron chi connectivity index (χ3n) is 6.47. The van der Waals surface area contributed by atoms with E-state index in [0.29, 0.717) is 11.0 Å². The number of carbonyl (C=O) groups is 2. The zero-order chi connectivity index (χ0) is 29.0. The van der Waals surface area contributed by atoms with Gasteiger partial charge in [0.2, 0.25) is 0 Å². The Balaban J connectivity index is 1.61. The van der Waals surface area contributed by atoms with E-state index in [2.05, 4.69) is 25.5 Å². The number of hydrogen-bond acceptors (Lipinski definition) is 6. The van der Waals surface area contributed by atoms with Crippen molar-refractivity contribution in [2.45, 2.75) is 32.2 Å². The van der Waals surface area contributed by atoms with Crippen molar-refractivity contribution >= 4 is 40.2 Å². The highest BCUT2D eigenvalue weighted by Gasteiger charge is 2.34. The number of H-pyrrole nitrogens is 1. The first-order valence-corrected chi connectivity index (χ1v) is 12.6. The van der Waals surface area contributed by atoms with E-state index in [0.717, 1.165) is 37.0 Å². The lowest BCUT2D eigenvalue weighted by Crippen LogP contribution is -2.42. The van der Waals surface area contributed by atoms with Crippen LogP contribution in [0.2, 0.25) is 0 Å². The van der Waals surface area contributed by atoms with Gasteiger partial charge in [0.05, 0.1) is 22.6 Å². The third-order valence-corrected chi connectivity index (χ3v) is 6.47. The summed E-state index contributed by atoms with van der Waals surface area (Å²) in [5.74, 6) is -1.44. The number of rotatable bonds is 9. The highest BCUT2D eigenvalue weighted by atomic mass is 19.4. The van der Waals surface area contributed by atoms with E-state index < -0.39 is 35.7 Å². The predicted molar refractivity (Wildman–Crippen MR) is 147 cm³/mol. The molecule has 1 heterocycles. The minimum Gasteiger partial charge on any atom is -0.381 e. The number of amides is 2.